The second-order valence-corrected chi connectivity index (χ2v) is 12.6. The number of carbonyl (C=O) groups excluding carboxylic acids is 1. The van der Waals surface area contributed by atoms with E-state index in [0.29, 0.717) is 34.8 Å². The van der Waals surface area contributed by atoms with Gasteiger partial charge in [-0.3, -0.25) is 4.79 Å². The van der Waals surface area contributed by atoms with Gasteiger partial charge in [0.1, 0.15) is 24.2 Å². The van der Waals surface area contributed by atoms with Crippen LogP contribution in [0.4, 0.5) is 5.82 Å². The highest BCUT2D eigenvalue weighted by atomic mass is 16.5. The summed E-state index contributed by atoms with van der Waals surface area (Å²) in [5.41, 5.74) is 1.76. The lowest BCUT2D eigenvalue weighted by Gasteiger charge is -2.62. The third-order valence-electron chi connectivity index (χ3n) is 8.47. The molecule has 5 heterocycles. The first-order chi connectivity index (χ1) is 18.5. The molecule has 2 aliphatic carbocycles. The molecule has 9 heteroatoms. The number of nitrogens with zero attached hydrogens (tertiary/aromatic N) is 5. The molecule has 2 unspecified atom stereocenters. The van der Waals surface area contributed by atoms with Gasteiger partial charge in [-0.1, -0.05) is 13.8 Å². The molecule has 4 bridgehead atoms. The first-order valence-corrected chi connectivity index (χ1v) is 13.9. The van der Waals surface area contributed by atoms with E-state index in [0.717, 1.165) is 49.0 Å². The van der Waals surface area contributed by atoms with Crippen LogP contribution in [0, 0.1) is 23.2 Å². The van der Waals surface area contributed by atoms with Gasteiger partial charge in [0.2, 0.25) is 5.91 Å². The van der Waals surface area contributed by atoms with Crippen molar-refractivity contribution in [2.45, 2.75) is 83.0 Å². The first-order valence-electron chi connectivity index (χ1n) is 13.9. The highest BCUT2D eigenvalue weighted by Gasteiger charge is 2.55. The number of aliphatic hydroxyl groups is 1. The summed E-state index contributed by atoms with van der Waals surface area (Å²) in [6.45, 7) is 7.42. The van der Waals surface area contributed by atoms with Crippen LogP contribution in [-0.2, 0) is 4.79 Å². The van der Waals surface area contributed by atoms with E-state index in [1.807, 2.05) is 32.2 Å². The molecular formula is C30H36N6O3. The van der Waals surface area contributed by atoms with Crippen LogP contribution in [0.25, 0.3) is 16.6 Å². The highest BCUT2D eigenvalue weighted by Crippen LogP contribution is 2.52. The smallest absolute Gasteiger partial charge is 0.222 e. The van der Waals surface area contributed by atoms with Crippen molar-refractivity contribution in [1.82, 2.24) is 19.9 Å². The van der Waals surface area contributed by atoms with Crippen molar-refractivity contribution in [3.05, 3.63) is 42.4 Å². The zero-order chi connectivity index (χ0) is 27.5. The largest absolute Gasteiger partial charge is 0.489 e. The lowest BCUT2D eigenvalue weighted by Crippen LogP contribution is -2.70. The summed E-state index contributed by atoms with van der Waals surface area (Å²) in [5, 5.41) is 27.6. The van der Waals surface area contributed by atoms with E-state index < -0.39 is 5.60 Å². The van der Waals surface area contributed by atoms with Gasteiger partial charge >= 0.3 is 0 Å². The molecule has 4 fully saturated rings. The number of anilines is 1. The van der Waals surface area contributed by atoms with Gasteiger partial charge in [0.05, 0.1) is 29.1 Å². The highest BCUT2D eigenvalue weighted by molar-refractivity contribution is 5.85. The number of pyridine rings is 2. The van der Waals surface area contributed by atoms with Gasteiger partial charge in [-0.25, -0.2) is 9.50 Å². The summed E-state index contributed by atoms with van der Waals surface area (Å²) in [6, 6.07) is 8.97. The normalized spacial score (nSPS) is 25.8. The molecule has 1 amide bonds. The van der Waals surface area contributed by atoms with E-state index in [9.17, 15) is 15.2 Å². The third-order valence-corrected chi connectivity index (χ3v) is 8.47. The summed E-state index contributed by atoms with van der Waals surface area (Å²) >= 11 is 0. The van der Waals surface area contributed by atoms with Gasteiger partial charge in [0.15, 0.2) is 0 Å². The number of nitrogens with one attached hydrogen (secondary N) is 1. The second kappa shape index (κ2) is 9.23. The summed E-state index contributed by atoms with van der Waals surface area (Å²) in [4.78, 5) is 20.0. The Morgan fingerprint density at radius 1 is 1.26 bits per heavy atom. The number of hydrogen-bond acceptors (Lipinski definition) is 7. The minimum absolute atomic E-state index is 0.00819. The zero-order valence-electron chi connectivity index (χ0n) is 23.0. The third kappa shape index (κ3) is 4.71. The first kappa shape index (κ1) is 25.6. The molecule has 204 valence electrons. The van der Waals surface area contributed by atoms with Crippen LogP contribution in [0.5, 0.6) is 5.75 Å². The van der Waals surface area contributed by atoms with Gasteiger partial charge < -0.3 is 20.1 Å². The summed E-state index contributed by atoms with van der Waals surface area (Å²) in [6.07, 6.45) is 10.4. The molecule has 2 saturated heterocycles. The Morgan fingerprint density at radius 2 is 2.00 bits per heavy atom. The van der Waals surface area contributed by atoms with Gasteiger partial charge in [0.25, 0.3) is 0 Å². The van der Waals surface area contributed by atoms with Crippen LogP contribution in [0.1, 0.15) is 65.4 Å². The van der Waals surface area contributed by atoms with E-state index in [-0.39, 0.29) is 24.0 Å². The molecule has 4 aliphatic rings. The zero-order valence-corrected chi connectivity index (χ0v) is 23.0. The quantitative estimate of drug-likeness (QED) is 0.475. The Morgan fingerprint density at radius 3 is 2.62 bits per heavy atom. The fourth-order valence-electron chi connectivity index (χ4n) is 6.99. The van der Waals surface area contributed by atoms with Crippen LogP contribution in [-0.4, -0.2) is 55.4 Å². The number of hydrogen-bond donors (Lipinski definition) is 2. The predicted octanol–water partition coefficient (Wildman–Crippen LogP) is 4.08. The number of carbonyl (C=O) groups is 1. The van der Waals surface area contributed by atoms with Gasteiger partial charge in [-0.15, -0.1) is 0 Å². The van der Waals surface area contributed by atoms with Crippen molar-refractivity contribution in [3.63, 3.8) is 0 Å². The molecule has 39 heavy (non-hydrogen) atoms. The Balaban J connectivity index is 1.29. The van der Waals surface area contributed by atoms with Gasteiger partial charge in [-0.2, -0.15) is 10.4 Å². The molecule has 0 radical (unpaired) electrons. The Hall–Kier alpha value is -3.64. The minimum Gasteiger partial charge on any atom is -0.489 e. The van der Waals surface area contributed by atoms with E-state index in [1.54, 1.807) is 30.8 Å². The van der Waals surface area contributed by atoms with E-state index in [1.165, 1.54) is 0 Å². The molecule has 0 aromatic carbocycles. The summed E-state index contributed by atoms with van der Waals surface area (Å²) in [7, 11) is 0. The minimum atomic E-state index is -0.983. The molecule has 2 aliphatic heterocycles. The maximum Gasteiger partial charge on any atom is 0.222 e. The van der Waals surface area contributed by atoms with Crippen molar-refractivity contribution in [1.29, 1.82) is 5.26 Å². The fraction of sp³-hybridized carbons (Fsp3) is 0.533. The van der Waals surface area contributed by atoms with Crippen molar-refractivity contribution >= 4 is 17.2 Å². The molecule has 7 rings (SSSR count). The van der Waals surface area contributed by atoms with Crippen molar-refractivity contribution in [2.24, 2.45) is 11.8 Å². The van der Waals surface area contributed by atoms with E-state index >= 15 is 0 Å². The summed E-state index contributed by atoms with van der Waals surface area (Å²) < 4.78 is 7.51. The molecule has 3 aromatic rings. The number of piperidine rings is 2. The van der Waals surface area contributed by atoms with Crippen LogP contribution in [0.15, 0.2) is 36.8 Å². The van der Waals surface area contributed by atoms with E-state index in [4.69, 9.17) is 9.72 Å². The molecule has 2 atom stereocenters. The number of ether oxygens (including phenoxy) is 1. The van der Waals surface area contributed by atoms with Crippen LogP contribution in [0.2, 0.25) is 0 Å². The standard InChI is InChI=1S/C30H36N6O3/c1-18(2)28(37)34-30-10-19-7-22(11-30)36(23(8-19)12-30)26-6-5-20(14-32-26)25-9-24(39-17-29(3,4)38)16-35-27(25)21(13-31)15-33-35/h5-6,9,14-16,18-19,22-23,38H,7-8,10-12,17H2,1-4H3,(H,34,37). The molecular weight excluding hydrogens is 492 g/mol. The lowest BCUT2D eigenvalue weighted by molar-refractivity contribution is -0.128. The number of rotatable bonds is 7. The fourth-order valence-corrected chi connectivity index (χ4v) is 6.99. The SMILES string of the molecule is CC(C)C(=O)NC12CC3CC(C1)N(c1ccc(-c4cc(OCC(C)(C)O)cn5ncc(C#N)c45)cn1)C(C3)C2. The lowest BCUT2D eigenvalue weighted by atomic mass is 9.59. The number of fused-ring (bicyclic) bond motifs is 1. The van der Waals surface area contributed by atoms with Crippen molar-refractivity contribution in [3.8, 4) is 22.9 Å². The Kier molecular flexibility index (Phi) is 6.07. The van der Waals surface area contributed by atoms with Crippen LogP contribution < -0.4 is 15.0 Å². The molecule has 2 N–H and O–H groups in total. The molecule has 0 spiro atoms. The number of aromatic nitrogens is 3. The maximum absolute atomic E-state index is 12.6. The number of amides is 1. The average molecular weight is 529 g/mol. The predicted molar refractivity (Wildman–Crippen MR) is 147 cm³/mol. The van der Waals surface area contributed by atoms with Gasteiger partial charge in [-0.05, 0) is 70.1 Å². The van der Waals surface area contributed by atoms with Gasteiger partial charge in [0, 0.05) is 40.9 Å². The molecule has 3 aromatic heterocycles. The number of nitriles is 1. The van der Waals surface area contributed by atoms with Crippen molar-refractivity contribution < 1.29 is 14.6 Å². The van der Waals surface area contributed by atoms with Crippen LogP contribution >= 0.6 is 0 Å². The molecule has 2 saturated carbocycles. The summed E-state index contributed by atoms with van der Waals surface area (Å²) in [5.74, 6) is 2.30. The maximum atomic E-state index is 12.6. The Bertz CT molecular complexity index is 1430. The monoisotopic (exact) mass is 528 g/mol. The average Bonchev–Trinajstić information content (AvgIpc) is 3.29. The second-order valence-electron chi connectivity index (χ2n) is 12.6. The molecule has 9 nitrogen and oxygen atoms in total. The van der Waals surface area contributed by atoms with Crippen LogP contribution in [0.3, 0.4) is 0 Å². The topological polar surface area (TPSA) is 116 Å². The van der Waals surface area contributed by atoms with Crippen molar-refractivity contribution in [2.75, 3.05) is 11.5 Å². The Labute approximate surface area is 228 Å². The van der Waals surface area contributed by atoms with E-state index in [2.05, 4.69) is 27.5 Å².